The molecule has 0 heterocycles. The van der Waals surface area contributed by atoms with Crippen molar-refractivity contribution in [2.24, 2.45) is 5.92 Å². The Morgan fingerprint density at radius 1 is 1.19 bits per heavy atom. The van der Waals surface area contributed by atoms with Gasteiger partial charge in [0.25, 0.3) is 0 Å². The van der Waals surface area contributed by atoms with Crippen LogP contribution in [0.4, 0.5) is 0 Å². The van der Waals surface area contributed by atoms with E-state index < -0.39 is 0 Å². The standard InChI is InChI=1S/C20H30N2O4/c1-14(2)13-26-17-9-7-16(11-18(17)25-6)8-10-20(24)22(5)12-19(23)21-15(3)4/h7-11,14-15H,12-13H2,1-6H3,(H,21,23)/b10-8+. The first kappa shape index (κ1) is 21.5. The van der Waals surface area contributed by atoms with E-state index in [1.54, 1.807) is 20.2 Å². The largest absolute Gasteiger partial charge is 0.493 e. The first-order chi connectivity index (χ1) is 12.2. The molecule has 0 atom stereocenters. The van der Waals surface area contributed by atoms with Crippen LogP contribution in [0.5, 0.6) is 11.5 Å². The number of carbonyl (C=O) groups is 2. The monoisotopic (exact) mass is 362 g/mol. The summed E-state index contributed by atoms with van der Waals surface area (Å²) in [4.78, 5) is 25.2. The lowest BCUT2D eigenvalue weighted by Crippen LogP contribution is -2.40. The third kappa shape index (κ3) is 7.59. The summed E-state index contributed by atoms with van der Waals surface area (Å²) in [6.07, 6.45) is 3.13. The second-order valence-electron chi connectivity index (χ2n) is 6.86. The third-order valence-electron chi connectivity index (χ3n) is 3.38. The Kier molecular flexibility index (Phi) is 8.68. The Hall–Kier alpha value is -2.50. The van der Waals surface area contributed by atoms with Crippen molar-refractivity contribution >= 4 is 17.9 Å². The first-order valence-corrected chi connectivity index (χ1v) is 8.76. The molecule has 0 aliphatic heterocycles. The third-order valence-corrected chi connectivity index (χ3v) is 3.38. The first-order valence-electron chi connectivity index (χ1n) is 8.76. The second kappa shape index (κ2) is 10.5. The highest BCUT2D eigenvalue weighted by atomic mass is 16.5. The SMILES string of the molecule is COc1cc(/C=C/C(=O)N(C)CC(=O)NC(C)C)ccc1OCC(C)C. The smallest absolute Gasteiger partial charge is 0.246 e. The summed E-state index contributed by atoms with van der Waals surface area (Å²) in [5.41, 5.74) is 0.812. The summed E-state index contributed by atoms with van der Waals surface area (Å²) < 4.78 is 11.1. The lowest BCUT2D eigenvalue weighted by Gasteiger charge is -2.16. The van der Waals surface area contributed by atoms with Gasteiger partial charge in [0.1, 0.15) is 0 Å². The van der Waals surface area contributed by atoms with E-state index in [4.69, 9.17) is 9.47 Å². The number of nitrogens with one attached hydrogen (secondary N) is 1. The number of hydrogen-bond donors (Lipinski definition) is 1. The summed E-state index contributed by atoms with van der Waals surface area (Å²) in [7, 11) is 3.17. The topological polar surface area (TPSA) is 67.9 Å². The van der Waals surface area contributed by atoms with Gasteiger partial charge in [0, 0.05) is 19.2 Å². The van der Waals surface area contributed by atoms with Crippen LogP contribution in [0, 0.1) is 5.92 Å². The van der Waals surface area contributed by atoms with Crippen molar-refractivity contribution < 1.29 is 19.1 Å². The number of rotatable bonds is 9. The minimum Gasteiger partial charge on any atom is -0.493 e. The Morgan fingerprint density at radius 2 is 1.88 bits per heavy atom. The minimum atomic E-state index is -0.247. The maximum absolute atomic E-state index is 12.1. The number of amides is 2. The molecule has 1 rings (SSSR count). The van der Waals surface area contributed by atoms with Crippen LogP contribution in [0.25, 0.3) is 6.08 Å². The normalized spacial score (nSPS) is 11.1. The number of nitrogens with zero attached hydrogens (tertiary/aromatic N) is 1. The van der Waals surface area contributed by atoms with Gasteiger partial charge in [0.2, 0.25) is 11.8 Å². The highest BCUT2D eigenvalue weighted by Crippen LogP contribution is 2.29. The molecule has 0 aliphatic rings. The van der Waals surface area contributed by atoms with Gasteiger partial charge in [-0.15, -0.1) is 0 Å². The van der Waals surface area contributed by atoms with Gasteiger partial charge in [0.05, 0.1) is 20.3 Å². The van der Waals surface area contributed by atoms with E-state index in [9.17, 15) is 9.59 Å². The predicted octanol–water partition coefficient (Wildman–Crippen LogP) is 2.73. The summed E-state index contributed by atoms with van der Waals surface area (Å²) in [5.74, 6) is 1.28. The summed E-state index contributed by atoms with van der Waals surface area (Å²) in [6, 6.07) is 5.54. The Bertz CT molecular complexity index is 639. The number of methoxy groups -OCH3 is 1. The van der Waals surface area contributed by atoms with Crippen molar-refractivity contribution in [3.8, 4) is 11.5 Å². The van der Waals surface area contributed by atoms with Crippen LogP contribution in [0.1, 0.15) is 33.3 Å². The minimum absolute atomic E-state index is 0.0205. The summed E-state index contributed by atoms with van der Waals surface area (Å²) in [6.45, 7) is 8.53. The van der Waals surface area contributed by atoms with Crippen LogP contribution in [0.3, 0.4) is 0 Å². The van der Waals surface area contributed by atoms with Crippen molar-refractivity contribution in [2.45, 2.75) is 33.7 Å². The van der Waals surface area contributed by atoms with Gasteiger partial charge < -0.3 is 19.7 Å². The molecular formula is C20H30N2O4. The Balaban J connectivity index is 2.71. The van der Waals surface area contributed by atoms with Crippen molar-refractivity contribution in [1.82, 2.24) is 10.2 Å². The van der Waals surface area contributed by atoms with Crippen LogP contribution in [-0.2, 0) is 9.59 Å². The quantitative estimate of drug-likeness (QED) is 0.686. The summed E-state index contributed by atoms with van der Waals surface area (Å²) >= 11 is 0. The van der Waals surface area contributed by atoms with Crippen LogP contribution in [0.15, 0.2) is 24.3 Å². The lowest BCUT2D eigenvalue weighted by molar-refractivity contribution is -0.131. The van der Waals surface area contributed by atoms with E-state index >= 15 is 0 Å². The molecule has 0 fully saturated rings. The highest BCUT2D eigenvalue weighted by Gasteiger charge is 2.11. The number of likely N-dealkylation sites (N-methyl/N-ethyl adjacent to an activating group) is 1. The van der Waals surface area contributed by atoms with Crippen molar-refractivity contribution in [3.05, 3.63) is 29.8 Å². The molecule has 0 unspecified atom stereocenters. The van der Waals surface area contributed by atoms with Gasteiger partial charge in [-0.1, -0.05) is 19.9 Å². The average molecular weight is 362 g/mol. The lowest BCUT2D eigenvalue weighted by atomic mass is 10.2. The molecule has 0 spiro atoms. The number of hydrogen-bond acceptors (Lipinski definition) is 4. The molecule has 0 bridgehead atoms. The Morgan fingerprint density at radius 3 is 2.46 bits per heavy atom. The van der Waals surface area contributed by atoms with Crippen LogP contribution in [0.2, 0.25) is 0 Å². The molecule has 0 saturated heterocycles. The number of carbonyl (C=O) groups excluding carboxylic acids is 2. The molecule has 0 aromatic heterocycles. The van der Waals surface area contributed by atoms with Gasteiger partial charge in [-0.3, -0.25) is 9.59 Å². The van der Waals surface area contributed by atoms with E-state index in [0.717, 1.165) is 5.56 Å². The predicted molar refractivity (Wildman–Crippen MR) is 103 cm³/mol. The summed E-state index contributed by atoms with van der Waals surface area (Å²) in [5, 5.41) is 2.76. The van der Waals surface area contributed by atoms with Crippen molar-refractivity contribution in [3.63, 3.8) is 0 Å². The van der Waals surface area contributed by atoms with Crippen LogP contribution >= 0.6 is 0 Å². The van der Waals surface area contributed by atoms with Crippen molar-refractivity contribution in [2.75, 3.05) is 27.3 Å². The number of benzene rings is 1. The average Bonchev–Trinajstić information content (AvgIpc) is 2.56. The molecular weight excluding hydrogens is 332 g/mol. The highest BCUT2D eigenvalue weighted by molar-refractivity contribution is 5.94. The van der Waals surface area contributed by atoms with Gasteiger partial charge >= 0.3 is 0 Å². The van der Waals surface area contributed by atoms with Gasteiger partial charge in [0.15, 0.2) is 11.5 Å². The molecule has 0 saturated carbocycles. The van der Waals surface area contributed by atoms with Gasteiger partial charge in [-0.2, -0.15) is 0 Å². The van der Waals surface area contributed by atoms with E-state index in [1.807, 2.05) is 32.0 Å². The maximum Gasteiger partial charge on any atom is 0.246 e. The van der Waals surface area contributed by atoms with Gasteiger partial charge in [-0.25, -0.2) is 0 Å². The zero-order valence-electron chi connectivity index (χ0n) is 16.5. The number of ether oxygens (including phenoxy) is 2. The maximum atomic E-state index is 12.1. The molecule has 1 aromatic carbocycles. The molecule has 26 heavy (non-hydrogen) atoms. The fraction of sp³-hybridized carbons (Fsp3) is 0.500. The molecule has 6 heteroatoms. The fourth-order valence-corrected chi connectivity index (χ4v) is 2.12. The van der Waals surface area contributed by atoms with E-state index in [1.165, 1.54) is 11.0 Å². The zero-order chi connectivity index (χ0) is 19.7. The van der Waals surface area contributed by atoms with Crippen LogP contribution < -0.4 is 14.8 Å². The molecule has 6 nitrogen and oxygen atoms in total. The molecule has 1 N–H and O–H groups in total. The van der Waals surface area contributed by atoms with E-state index in [0.29, 0.717) is 24.0 Å². The second-order valence-corrected chi connectivity index (χ2v) is 6.86. The van der Waals surface area contributed by atoms with Gasteiger partial charge in [-0.05, 0) is 43.5 Å². The molecule has 1 aromatic rings. The van der Waals surface area contributed by atoms with E-state index in [-0.39, 0.29) is 24.4 Å². The van der Waals surface area contributed by atoms with Crippen LogP contribution in [-0.4, -0.2) is 50.1 Å². The zero-order valence-corrected chi connectivity index (χ0v) is 16.5. The Labute approximate surface area is 156 Å². The molecule has 2 amide bonds. The molecule has 0 aliphatic carbocycles. The molecule has 144 valence electrons. The molecule has 0 radical (unpaired) electrons. The van der Waals surface area contributed by atoms with E-state index in [2.05, 4.69) is 19.2 Å². The van der Waals surface area contributed by atoms with Crippen molar-refractivity contribution in [1.29, 1.82) is 0 Å². The fourth-order valence-electron chi connectivity index (χ4n) is 2.12.